The summed E-state index contributed by atoms with van der Waals surface area (Å²) in [6.45, 7) is 11.5. The normalized spacial score (nSPS) is 16.7. The highest BCUT2D eigenvalue weighted by atomic mass is 127. The highest BCUT2D eigenvalue weighted by Crippen LogP contribution is 2.24. The van der Waals surface area contributed by atoms with Crippen LogP contribution in [0.3, 0.4) is 0 Å². The third kappa shape index (κ3) is 10.0. The minimum Gasteiger partial charge on any atom is -0.381 e. The fourth-order valence-electron chi connectivity index (χ4n) is 3.45. The van der Waals surface area contributed by atoms with Crippen molar-refractivity contribution in [1.82, 2.24) is 15.6 Å². The summed E-state index contributed by atoms with van der Waals surface area (Å²) in [4.78, 5) is 23.1. The average molecular weight is 546 g/mol. The van der Waals surface area contributed by atoms with Crippen LogP contribution in [0, 0.1) is 11.8 Å². The van der Waals surface area contributed by atoms with Crippen LogP contribution in [0.4, 0.5) is 5.82 Å². The van der Waals surface area contributed by atoms with E-state index >= 15 is 0 Å². The zero-order valence-electron chi connectivity index (χ0n) is 19.1. The summed E-state index contributed by atoms with van der Waals surface area (Å²) in [6.07, 6.45) is 4.51. The van der Waals surface area contributed by atoms with Gasteiger partial charge < -0.3 is 26.0 Å². The van der Waals surface area contributed by atoms with Crippen LogP contribution in [0.2, 0.25) is 0 Å². The molecule has 176 valence electrons. The lowest BCUT2D eigenvalue weighted by atomic mass is 9.97. The van der Waals surface area contributed by atoms with Gasteiger partial charge in [-0.1, -0.05) is 19.9 Å². The largest absolute Gasteiger partial charge is 0.381 e. The van der Waals surface area contributed by atoms with Gasteiger partial charge >= 0.3 is 0 Å². The summed E-state index contributed by atoms with van der Waals surface area (Å²) in [5.74, 6) is 1.89. The van der Waals surface area contributed by atoms with Gasteiger partial charge in [0.1, 0.15) is 5.82 Å². The number of hydrogen-bond acceptors (Lipinski definition) is 5. The monoisotopic (exact) mass is 546 g/mol. The number of guanidine groups is 1. The first kappa shape index (κ1) is 27.4. The minimum atomic E-state index is -0.230. The van der Waals surface area contributed by atoms with Crippen molar-refractivity contribution in [3.05, 3.63) is 23.9 Å². The fraction of sp³-hybridized carbons (Fsp3) is 0.682. The van der Waals surface area contributed by atoms with Gasteiger partial charge in [0.15, 0.2) is 5.96 Å². The lowest BCUT2D eigenvalue weighted by Crippen LogP contribution is -2.42. The Morgan fingerprint density at radius 1 is 1.42 bits per heavy atom. The summed E-state index contributed by atoms with van der Waals surface area (Å²) in [7, 11) is 0. The lowest BCUT2D eigenvalue weighted by Gasteiger charge is -2.33. The summed E-state index contributed by atoms with van der Waals surface area (Å²) in [5, 5.41) is 6.65. The molecular weight excluding hydrogens is 507 g/mol. The molecule has 4 N–H and O–H groups in total. The van der Waals surface area contributed by atoms with E-state index in [2.05, 4.69) is 41.3 Å². The zero-order chi connectivity index (χ0) is 21.8. The molecule has 1 fully saturated rings. The number of ether oxygens (including phenoxy) is 1. The van der Waals surface area contributed by atoms with Gasteiger partial charge in [-0.25, -0.2) is 9.98 Å². The Balaban J connectivity index is 0.00000480. The van der Waals surface area contributed by atoms with Gasteiger partial charge in [-0.2, -0.15) is 0 Å². The van der Waals surface area contributed by atoms with Crippen LogP contribution in [0.15, 0.2) is 23.3 Å². The van der Waals surface area contributed by atoms with Crippen molar-refractivity contribution < 1.29 is 9.53 Å². The first-order chi connectivity index (χ1) is 14.5. The Morgan fingerprint density at radius 3 is 2.94 bits per heavy atom. The number of nitrogens with two attached hydrogens (primary N) is 1. The van der Waals surface area contributed by atoms with E-state index in [-0.39, 0.29) is 35.8 Å². The van der Waals surface area contributed by atoms with Crippen LogP contribution in [0.5, 0.6) is 0 Å². The van der Waals surface area contributed by atoms with E-state index in [1.54, 1.807) is 6.20 Å². The summed E-state index contributed by atoms with van der Waals surface area (Å²) >= 11 is 0. The number of halogens is 1. The molecule has 31 heavy (non-hydrogen) atoms. The number of piperidine rings is 1. The number of pyridine rings is 1. The summed E-state index contributed by atoms with van der Waals surface area (Å²) in [6, 6.07) is 3.97. The highest BCUT2D eigenvalue weighted by Gasteiger charge is 2.25. The van der Waals surface area contributed by atoms with E-state index in [0.717, 1.165) is 69.5 Å². The number of nitrogens with zero attached hydrogens (tertiary/aromatic N) is 3. The second-order valence-corrected chi connectivity index (χ2v) is 8.12. The van der Waals surface area contributed by atoms with Crippen molar-refractivity contribution in [3.8, 4) is 0 Å². The van der Waals surface area contributed by atoms with Crippen molar-refractivity contribution in [2.24, 2.45) is 22.6 Å². The average Bonchev–Trinajstić information content (AvgIpc) is 2.74. The maximum atomic E-state index is 11.6. The molecule has 0 aliphatic carbocycles. The van der Waals surface area contributed by atoms with Crippen molar-refractivity contribution in [3.63, 3.8) is 0 Å². The topological polar surface area (TPSA) is 105 Å². The Kier molecular flexibility index (Phi) is 13.5. The number of nitrogens with one attached hydrogen (secondary N) is 2. The molecule has 1 amide bonds. The molecule has 0 aromatic carbocycles. The number of primary amides is 1. The first-order valence-electron chi connectivity index (χ1n) is 11.1. The van der Waals surface area contributed by atoms with E-state index in [4.69, 9.17) is 15.5 Å². The number of carbonyl (C=O) groups excluding carboxylic acids is 1. The van der Waals surface area contributed by atoms with Crippen LogP contribution in [0.1, 0.15) is 45.6 Å². The molecule has 0 radical (unpaired) electrons. The molecule has 1 aliphatic heterocycles. The van der Waals surface area contributed by atoms with Gasteiger partial charge in [-0.15, -0.1) is 24.0 Å². The molecule has 2 heterocycles. The van der Waals surface area contributed by atoms with Crippen molar-refractivity contribution >= 4 is 41.7 Å². The summed E-state index contributed by atoms with van der Waals surface area (Å²) < 4.78 is 5.63. The third-order valence-electron chi connectivity index (χ3n) is 4.95. The Hall–Kier alpha value is -1.62. The van der Waals surface area contributed by atoms with Crippen molar-refractivity contribution in [2.75, 3.05) is 44.3 Å². The van der Waals surface area contributed by atoms with E-state index in [0.29, 0.717) is 19.0 Å². The standard InChI is InChI=1S/C22H38N6O2.HI/c1-4-24-22(26-11-7-13-30-16-17(2)3)27-14-18-8-5-10-25-21(18)28-12-6-9-19(15-28)20(23)29;/h5,8,10,17,19H,4,6-7,9,11-16H2,1-3H3,(H2,23,29)(H2,24,26,27);1H. The van der Waals surface area contributed by atoms with Gasteiger partial charge in [0, 0.05) is 51.2 Å². The number of aliphatic imine (C=N–C) groups is 1. The molecule has 1 aliphatic rings. The molecule has 8 nitrogen and oxygen atoms in total. The predicted octanol–water partition coefficient (Wildman–Crippen LogP) is 2.52. The van der Waals surface area contributed by atoms with E-state index in [1.165, 1.54) is 0 Å². The predicted molar refractivity (Wildman–Crippen MR) is 137 cm³/mol. The first-order valence-corrected chi connectivity index (χ1v) is 11.1. The molecule has 1 aromatic heterocycles. The van der Waals surface area contributed by atoms with Crippen molar-refractivity contribution in [2.45, 2.75) is 46.6 Å². The highest BCUT2D eigenvalue weighted by molar-refractivity contribution is 14.0. The second-order valence-electron chi connectivity index (χ2n) is 8.12. The molecule has 0 bridgehead atoms. The van der Waals surface area contributed by atoms with Crippen LogP contribution in [0.25, 0.3) is 0 Å². The maximum absolute atomic E-state index is 11.6. The molecule has 0 spiro atoms. The molecule has 1 unspecified atom stereocenters. The van der Waals surface area contributed by atoms with Gasteiger partial charge in [-0.3, -0.25) is 4.79 Å². The second kappa shape index (κ2) is 15.2. The van der Waals surface area contributed by atoms with Crippen LogP contribution in [-0.4, -0.2) is 56.2 Å². The number of amides is 1. The number of anilines is 1. The van der Waals surface area contributed by atoms with Crippen LogP contribution in [-0.2, 0) is 16.1 Å². The van der Waals surface area contributed by atoms with Gasteiger partial charge in [0.2, 0.25) is 5.91 Å². The van der Waals surface area contributed by atoms with E-state index < -0.39 is 0 Å². The van der Waals surface area contributed by atoms with E-state index in [9.17, 15) is 4.79 Å². The molecule has 1 atom stereocenters. The number of rotatable bonds is 11. The van der Waals surface area contributed by atoms with Crippen LogP contribution < -0.4 is 21.3 Å². The molecule has 9 heteroatoms. The fourth-order valence-corrected chi connectivity index (χ4v) is 3.45. The molecule has 1 aromatic rings. The Morgan fingerprint density at radius 2 is 2.23 bits per heavy atom. The van der Waals surface area contributed by atoms with Crippen LogP contribution >= 0.6 is 24.0 Å². The number of carbonyl (C=O) groups is 1. The van der Waals surface area contributed by atoms with E-state index in [1.807, 2.05) is 12.1 Å². The summed E-state index contributed by atoms with van der Waals surface area (Å²) in [5.41, 5.74) is 6.58. The van der Waals surface area contributed by atoms with Gasteiger partial charge in [0.05, 0.1) is 12.5 Å². The Labute approximate surface area is 203 Å². The van der Waals surface area contributed by atoms with Gasteiger partial charge in [0.25, 0.3) is 0 Å². The minimum absolute atomic E-state index is 0. The smallest absolute Gasteiger partial charge is 0.222 e. The van der Waals surface area contributed by atoms with Crippen molar-refractivity contribution in [1.29, 1.82) is 0 Å². The molecule has 0 saturated carbocycles. The maximum Gasteiger partial charge on any atom is 0.222 e. The quantitative estimate of drug-likeness (QED) is 0.171. The lowest BCUT2D eigenvalue weighted by molar-refractivity contribution is -0.122. The number of hydrogen-bond donors (Lipinski definition) is 3. The molecule has 1 saturated heterocycles. The Bertz CT molecular complexity index is 686. The third-order valence-corrected chi connectivity index (χ3v) is 4.95. The van der Waals surface area contributed by atoms with Gasteiger partial charge in [-0.05, 0) is 38.2 Å². The SMILES string of the molecule is CCNC(=NCc1cccnc1N1CCCC(C(N)=O)C1)NCCCOCC(C)C.I. The molecular formula is C22H39IN6O2. The number of aromatic nitrogens is 1. The zero-order valence-corrected chi connectivity index (χ0v) is 21.4. The molecule has 2 rings (SSSR count).